The summed E-state index contributed by atoms with van der Waals surface area (Å²) in [5, 5.41) is 11.7. The van der Waals surface area contributed by atoms with E-state index < -0.39 is 5.97 Å². The third-order valence-corrected chi connectivity index (χ3v) is 3.57. The molecule has 0 aliphatic rings. The van der Waals surface area contributed by atoms with Crippen LogP contribution in [-0.2, 0) is 11.2 Å². The molecule has 2 N–H and O–H groups in total. The van der Waals surface area contributed by atoms with E-state index in [-0.39, 0.29) is 11.5 Å². The van der Waals surface area contributed by atoms with Gasteiger partial charge in [0.1, 0.15) is 0 Å². The van der Waals surface area contributed by atoms with Gasteiger partial charge >= 0.3 is 5.97 Å². The third-order valence-electron chi connectivity index (χ3n) is 3.57. The average Bonchev–Trinajstić information content (AvgIpc) is 2.45. The number of nitrogens with one attached hydrogen (secondary N) is 1. The van der Waals surface area contributed by atoms with E-state index in [2.05, 4.69) is 19.2 Å². The van der Waals surface area contributed by atoms with Crippen molar-refractivity contribution in [1.29, 1.82) is 0 Å². The van der Waals surface area contributed by atoms with E-state index in [9.17, 15) is 9.59 Å². The molecule has 0 saturated carbocycles. The highest BCUT2D eigenvalue weighted by Gasteiger charge is 2.09. The molecule has 1 aromatic carbocycles. The van der Waals surface area contributed by atoms with Gasteiger partial charge in [-0.15, -0.1) is 0 Å². The fourth-order valence-electron chi connectivity index (χ4n) is 2.07. The Kier molecular flexibility index (Phi) is 6.77. The number of hydrogen-bond acceptors (Lipinski definition) is 2. The van der Waals surface area contributed by atoms with Crippen LogP contribution in [0.5, 0.6) is 0 Å². The van der Waals surface area contributed by atoms with Crippen molar-refractivity contribution in [3.63, 3.8) is 0 Å². The quantitative estimate of drug-likeness (QED) is 0.768. The molecule has 0 aliphatic carbocycles. The summed E-state index contributed by atoms with van der Waals surface area (Å²) in [4.78, 5) is 22.4. The fraction of sp³-hybridized carbons (Fsp3) is 0.500. The number of carbonyl (C=O) groups excluding carboxylic acids is 1. The Morgan fingerprint density at radius 1 is 1.15 bits per heavy atom. The van der Waals surface area contributed by atoms with Gasteiger partial charge in [0.05, 0.1) is 5.56 Å². The lowest BCUT2D eigenvalue weighted by Crippen LogP contribution is -2.27. The van der Waals surface area contributed by atoms with Crippen LogP contribution in [0.3, 0.4) is 0 Å². The maximum absolute atomic E-state index is 11.7. The number of carboxylic acids is 1. The predicted molar refractivity (Wildman–Crippen MR) is 78.8 cm³/mol. The van der Waals surface area contributed by atoms with Crippen LogP contribution in [0, 0.1) is 5.92 Å². The van der Waals surface area contributed by atoms with Crippen LogP contribution in [0.15, 0.2) is 24.3 Å². The Balaban J connectivity index is 2.33. The van der Waals surface area contributed by atoms with Gasteiger partial charge in [-0.2, -0.15) is 0 Å². The third kappa shape index (κ3) is 5.43. The predicted octanol–water partition coefficient (Wildman–Crippen LogP) is 2.87. The SMILES string of the molecule is CCC(CC)CC(=O)NCCc1ccc(C(=O)O)cc1. The molecule has 0 unspecified atom stereocenters. The number of hydrogen-bond donors (Lipinski definition) is 2. The highest BCUT2D eigenvalue weighted by Crippen LogP contribution is 2.11. The lowest BCUT2D eigenvalue weighted by Gasteiger charge is -2.12. The van der Waals surface area contributed by atoms with Gasteiger partial charge in [-0.05, 0) is 30.0 Å². The summed E-state index contributed by atoms with van der Waals surface area (Å²) >= 11 is 0. The molecule has 110 valence electrons. The highest BCUT2D eigenvalue weighted by atomic mass is 16.4. The Bertz CT molecular complexity index is 436. The molecule has 0 spiro atoms. The smallest absolute Gasteiger partial charge is 0.335 e. The molecule has 0 radical (unpaired) electrons. The summed E-state index contributed by atoms with van der Waals surface area (Å²) in [6.07, 6.45) is 3.36. The number of amides is 1. The Morgan fingerprint density at radius 2 is 1.75 bits per heavy atom. The maximum atomic E-state index is 11.7. The summed E-state index contributed by atoms with van der Waals surface area (Å²) in [7, 11) is 0. The van der Waals surface area contributed by atoms with E-state index in [4.69, 9.17) is 5.11 Å². The van der Waals surface area contributed by atoms with Crippen LogP contribution in [0.1, 0.15) is 49.0 Å². The molecule has 0 atom stereocenters. The zero-order valence-corrected chi connectivity index (χ0v) is 12.2. The first-order valence-electron chi connectivity index (χ1n) is 7.15. The number of benzene rings is 1. The van der Waals surface area contributed by atoms with Gasteiger partial charge < -0.3 is 10.4 Å². The van der Waals surface area contributed by atoms with Crippen molar-refractivity contribution in [1.82, 2.24) is 5.32 Å². The molecule has 0 saturated heterocycles. The maximum Gasteiger partial charge on any atom is 0.335 e. The topological polar surface area (TPSA) is 66.4 Å². The summed E-state index contributed by atoms with van der Waals surface area (Å²) in [6.45, 7) is 4.79. The normalized spacial score (nSPS) is 10.6. The molecule has 1 aromatic rings. The van der Waals surface area contributed by atoms with Crippen molar-refractivity contribution >= 4 is 11.9 Å². The van der Waals surface area contributed by atoms with Gasteiger partial charge in [0.25, 0.3) is 0 Å². The fourth-order valence-corrected chi connectivity index (χ4v) is 2.07. The minimum absolute atomic E-state index is 0.0980. The van der Waals surface area contributed by atoms with Crippen LogP contribution in [0.4, 0.5) is 0 Å². The van der Waals surface area contributed by atoms with E-state index in [0.29, 0.717) is 25.3 Å². The van der Waals surface area contributed by atoms with Crippen LogP contribution < -0.4 is 5.32 Å². The van der Waals surface area contributed by atoms with Crippen molar-refractivity contribution in [2.45, 2.75) is 39.5 Å². The van der Waals surface area contributed by atoms with Crippen LogP contribution in [-0.4, -0.2) is 23.5 Å². The zero-order valence-electron chi connectivity index (χ0n) is 12.2. The van der Waals surface area contributed by atoms with E-state index in [0.717, 1.165) is 18.4 Å². The minimum Gasteiger partial charge on any atom is -0.478 e. The van der Waals surface area contributed by atoms with Crippen molar-refractivity contribution in [3.8, 4) is 0 Å². The van der Waals surface area contributed by atoms with E-state index >= 15 is 0 Å². The largest absolute Gasteiger partial charge is 0.478 e. The van der Waals surface area contributed by atoms with Gasteiger partial charge in [-0.25, -0.2) is 4.79 Å². The van der Waals surface area contributed by atoms with Gasteiger partial charge in [-0.1, -0.05) is 38.8 Å². The van der Waals surface area contributed by atoms with Crippen molar-refractivity contribution in [2.75, 3.05) is 6.54 Å². The van der Waals surface area contributed by atoms with E-state index in [1.165, 1.54) is 0 Å². The standard InChI is InChI=1S/C16H23NO3/c1-3-12(4-2)11-15(18)17-10-9-13-5-7-14(8-6-13)16(19)20/h5-8,12H,3-4,9-11H2,1-2H3,(H,17,18)(H,19,20). The first-order chi connectivity index (χ1) is 9.56. The molecule has 0 aromatic heterocycles. The first kappa shape index (κ1) is 16.2. The second-order valence-corrected chi connectivity index (χ2v) is 4.99. The van der Waals surface area contributed by atoms with Gasteiger partial charge in [0.15, 0.2) is 0 Å². The highest BCUT2D eigenvalue weighted by molar-refractivity contribution is 5.87. The first-order valence-corrected chi connectivity index (χ1v) is 7.15. The van der Waals surface area contributed by atoms with Crippen LogP contribution in [0.25, 0.3) is 0 Å². The molecule has 0 heterocycles. The summed E-state index contributed by atoms with van der Waals surface area (Å²) in [5.41, 5.74) is 1.31. The lowest BCUT2D eigenvalue weighted by atomic mass is 9.99. The monoisotopic (exact) mass is 277 g/mol. The lowest BCUT2D eigenvalue weighted by molar-refractivity contribution is -0.122. The molecule has 0 fully saturated rings. The molecule has 4 nitrogen and oxygen atoms in total. The number of carboxylic acid groups (broad SMARTS) is 1. The van der Waals surface area contributed by atoms with Crippen molar-refractivity contribution in [2.24, 2.45) is 5.92 Å². The van der Waals surface area contributed by atoms with Crippen LogP contribution in [0.2, 0.25) is 0 Å². The van der Waals surface area contributed by atoms with Crippen molar-refractivity contribution < 1.29 is 14.7 Å². The molecule has 0 bridgehead atoms. The Labute approximate surface area is 120 Å². The molecule has 1 rings (SSSR count). The molecule has 1 amide bonds. The Hall–Kier alpha value is -1.84. The second-order valence-electron chi connectivity index (χ2n) is 4.99. The minimum atomic E-state index is -0.921. The number of rotatable bonds is 8. The average molecular weight is 277 g/mol. The van der Waals surface area contributed by atoms with Crippen molar-refractivity contribution in [3.05, 3.63) is 35.4 Å². The zero-order chi connectivity index (χ0) is 15.0. The van der Waals surface area contributed by atoms with E-state index in [1.807, 2.05) is 0 Å². The molecule has 20 heavy (non-hydrogen) atoms. The summed E-state index contributed by atoms with van der Waals surface area (Å²) < 4.78 is 0. The molecule has 4 heteroatoms. The van der Waals surface area contributed by atoms with E-state index in [1.54, 1.807) is 24.3 Å². The number of aromatic carboxylic acids is 1. The number of carbonyl (C=O) groups is 2. The van der Waals surface area contributed by atoms with Gasteiger partial charge in [0.2, 0.25) is 5.91 Å². The Morgan fingerprint density at radius 3 is 2.25 bits per heavy atom. The summed E-state index contributed by atoms with van der Waals surface area (Å²) in [5.74, 6) is -0.360. The summed E-state index contributed by atoms with van der Waals surface area (Å²) in [6, 6.07) is 6.75. The second kappa shape index (κ2) is 8.35. The van der Waals surface area contributed by atoms with Crippen LogP contribution >= 0.6 is 0 Å². The molecule has 0 aliphatic heterocycles. The van der Waals surface area contributed by atoms with Gasteiger partial charge in [0, 0.05) is 13.0 Å². The van der Waals surface area contributed by atoms with Gasteiger partial charge in [-0.3, -0.25) is 4.79 Å². The molecular weight excluding hydrogens is 254 g/mol. The molecular formula is C16H23NO3.